The molecule has 0 aliphatic rings. The Morgan fingerprint density at radius 1 is 1.00 bits per heavy atom. The molecule has 0 unspecified atom stereocenters. The molecule has 3 rings (SSSR count). The predicted molar refractivity (Wildman–Crippen MR) is 98.5 cm³/mol. The number of rotatable bonds is 3. The molecule has 2 aromatic carbocycles. The van der Waals surface area contributed by atoms with E-state index in [1.54, 1.807) is 12.2 Å². The van der Waals surface area contributed by atoms with Gasteiger partial charge in [-0.15, -0.1) is 0 Å². The maximum absolute atomic E-state index is 12.5. The van der Waals surface area contributed by atoms with Crippen molar-refractivity contribution in [2.24, 2.45) is 5.92 Å². The van der Waals surface area contributed by atoms with Crippen LogP contribution in [0.3, 0.4) is 0 Å². The summed E-state index contributed by atoms with van der Waals surface area (Å²) in [5.41, 5.74) is -0.203. The van der Waals surface area contributed by atoms with Crippen molar-refractivity contribution in [2.45, 2.75) is 13.8 Å². The molecule has 3 aromatic rings. The van der Waals surface area contributed by atoms with E-state index in [-0.39, 0.29) is 56.8 Å². The quantitative estimate of drug-likeness (QED) is 0.567. The molecule has 1 aromatic heterocycles. The molecule has 0 saturated heterocycles. The van der Waals surface area contributed by atoms with Gasteiger partial charge in [-0.05, 0) is 18.1 Å². The summed E-state index contributed by atoms with van der Waals surface area (Å²) >= 11 is 0. The van der Waals surface area contributed by atoms with Gasteiger partial charge in [0.25, 0.3) is 0 Å². The summed E-state index contributed by atoms with van der Waals surface area (Å²) in [4.78, 5) is 12.5. The second-order valence-corrected chi connectivity index (χ2v) is 6.31. The van der Waals surface area contributed by atoms with Gasteiger partial charge < -0.3 is 24.8 Å². The molecule has 6 heteroatoms. The summed E-state index contributed by atoms with van der Waals surface area (Å²) in [6.45, 7) is 3.88. The normalized spacial score (nSPS) is 11.7. The average molecular weight is 354 g/mol. The minimum absolute atomic E-state index is 0.0170. The first-order valence-electron chi connectivity index (χ1n) is 8.01. The van der Waals surface area contributed by atoms with E-state index in [4.69, 9.17) is 4.42 Å². The summed E-state index contributed by atoms with van der Waals surface area (Å²) in [5, 5.41) is 39.9. The zero-order valence-electron chi connectivity index (χ0n) is 14.2. The van der Waals surface area contributed by atoms with Crippen molar-refractivity contribution in [3.8, 4) is 34.3 Å². The van der Waals surface area contributed by atoms with Gasteiger partial charge >= 0.3 is 0 Å². The summed E-state index contributed by atoms with van der Waals surface area (Å²) in [6.07, 6.45) is 3.33. The van der Waals surface area contributed by atoms with E-state index in [1.165, 1.54) is 18.2 Å². The third-order valence-electron chi connectivity index (χ3n) is 3.91. The van der Waals surface area contributed by atoms with Crippen molar-refractivity contribution in [1.29, 1.82) is 0 Å². The van der Waals surface area contributed by atoms with Crippen LogP contribution >= 0.6 is 0 Å². The molecule has 0 saturated carbocycles. The Bertz CT molecular complexity index is 1080. The van der Waals surface area contributed by atoms with E-state index >= 15 is 0 Å². The molecule has 0 radical (unpaired) electrons. The zero-order chi connectivity index (χ0) is 19.0. The third kappa shape index (κ3) is 3.09. The fourth-order valence-corrected chi connectivity index (χ4v) is 2.62. The minimum Gasteiger partial charge on any atom is -0.508 e. The van der Waals surface area contributed by atoms with E-state index < -0.39 is 5.43 Å². The Morgan fingerprint density at radius 3 is 2.38 bits per heavy atom. The number of hydrogen-bond acceptors (Lipinski definition) is 6. The number of phenols is 4. The summed E-state index contributed by atoms with van der Waals surface area (Å²) in [6, 6.07) is 6.25. The van der Waals surface area contributed by atoms with Crippen LogP contribution in [-0.2, 0) is 0 Å². The van der Waals surface area contributed by atoms with Crippen LogP contribution in [0.4, 0.5) is 0 Å². The van der Waals surface area contributed by atoms with E-state index in [2.05, 4.69) is 0 Å². The lowest BCUT2D eigenvalue weighted by Crippen LogP contribution is -2.02. The van der Waals surface area contributed by atoms with Crippen molar-refractivity contribution < 1.29 is 24.8 Å². The number of fused-ring (bicyclic) bond motifs is 1. The molecule has 6 nitrogen and oxygen atoms in total. The lowest BCUT2D eigenvalue weighted by molar-refractivity contribution is 0.449. The average Bonchev–Trinajstić information content (AvgIpc) is 2.53. The molecule has 0 aliphatic carbocycles. The Labute approximate surface area is 148 Å². The van der Waals surface area contributed by atoms with Gasteiger partial charge in [0.1, 0.15) is 39.7 Å². The Morgan fingerprint density at radius 2 is 1.73 bits per heavy atom. The summed E-state index contributed by atoms with van der Waals surface area (Å²) in [5.74, 6) is -0.761. The Hall–Kier alpha value is -3.41. The van der Waals surface area contributed by atoms with Gasteiger partial charge in [0.2, 0.25) is 0 Å². The minimum atomic E-state index is -0.523. The highest BCUT2D eigenvalue weighted by atomic mass is 16.3. The maximum atomic E-state index is 12.5. The monoisotopic (exact) mass is 354 g/mol. The second kappa shape index (κ2) is 6.48. The highest BCUT2D eigenvalue weighted by molar-refractivity contribution is 5.91. The van der Waals surface area contributed by atoms with Crippen molar-refractivity contribution in [2.75, 3.05) is 0 Å². The molecular weight excluding hydrogens is 336 g/mol. The summed E-state index contributed by atoms with van der Waals surface area (Å²) in [7, 11) is 0. The first-order valence-corrected chi connectivity index (χ1v) is 8.01. The standard InChI is InChI=1S/C20H18O6/c1-10(2)3-5-13-15(23)8-18-19(20(13)25)16(24)9-17(26-18)12-6-4-11(21)7-14(12)22/h3-10,21-23,25H,1-2H3. The molecule has 1 heterocycles. The Kier molecular flexibility index (Phi) is 4.34. The topological polar surface area (TPSA) is 111 Å². The first kappa shape index (κ1) is 17.4. The van der Waals surface area contributed by atoms with Crippen LogP contribution in [0.25, 0.3) is 28.4 Å². The molecular formula is C20H18O6. The highest BCUT2D eigenvalue weighted by Gasteiger charge is 2.18. The van der Waals surface area contributed by atoms with Crippen molar-refractivity contribution >= 4 is 17.0 Å². The molecule has 0 bridgehead atoms. The largest absolute Gasteiger partial charge is 0.508 e. The number of phenolic OH excluding ortho intramolecular Hbond substituents is 4. The fraction of sp³-hybridized carbons (Fsp3) is 0.150. The van der Waals surface area contributed by atoms with Gasteiger partial charge in [-0.3, -0.25) is 4.79 Å². The lowest BCUT2D eigenvalue weighted by Gasteiger charge is -2.09. The third-order valence-corrected chi connectivity index (χ3v) is 3.91. The molecule has 26 heavy (non-hydrogen) atoms. The van der Waals surface area contributed by atoms with Crippen molar-refractivity contribution in [1.82, 2.24) is 0 Å². The van der Waals surface area contributed by atoms with Crippen LogP contribution in [-0.4, -0.2) is 20.4 Å². The molecule has 0 amide bonds. The summed E-state index contributed by atoms with van der Waals surface area (Å²) < 4.78 is 5.61. The lowest BCUT2D eigenvalue weighted by atomic mass is 10.0. The number of allylic oxidation sites excluding steroid dienone is 1. The molecule has 0 atom stereocenters. The van der Waals surface area contributed by atoms with Gasteiger partial charge in [-0.2, -0.15) is 0 Å². The molecule has 134 valence electrons. The molecule has 4 N–H and O–H groups in total. The van der Waals surface area contributed by atoms with Crippen LogP contribution in [0, 0.1) is 5.92 Å². The Balaban J connectivity index is 2.25. The molecule has 0 aliphatic heterocycles. The predicted octanol–water partition coefficient (Wildman–Crippen LogP) is 3.95. The van der Waals surface area contributed by atoms with Gasteiger partial charge in [0.15, 0.2) is 5.43 Å². The zero-order valence-corrected chi connectivity index (χ0v) is 14.2. The van der Waals surface area contributed by atoms with Crippen LogP contribution in [0.5, 0.6) is 23.0 Å². The van der Waals surface area contributed by atoms with Gasteiger partial charge in [0, 0.05) is 18.2 Å². The van der Waals surface area contributed by atoms with E-state index in [0.29, 0.717) is 0 Å². The van der Waals surface area contributed by atoms with Crippen LogP contribution < -0.4 is 5.43 Å². The maximum Gasteiger partial charge on any atom is 0.197 e. The molecule has 0 spiro atoms. The number of benzene rings is 2. The first-order chi connectivity index (χ1) is 12.3. The number of aromatic hydroxyl groups is 4. The van der Waals surface area contributed by atoms with E-state index in [9.17, 15) is 25.2 Å². The highest BCUT2D eigenvalue weighted by Crippen LogP contribution is 2.38. The fourth-order valence-electron chi connectivity index (χ4n) is 2.62. The van der Waals surface area contributed by atoms with Crippen LogP contribution in [0.15, 0.2) is 45.6 Å². The van der Waals surface area contributed by atoms with Crippen LogP contribution in [0.1, 0.15) is 19.4 Å². The van der Waals surface area contributed by atoms with Gasteiger partial charge in [-0.25, -0.2) is 0 Å². The second-order valence-electron chi connectivity index (χ2n) is 6.31. The van der Waals surface area contributed by atoms with Crippen molar-refractivity contribution in [3.63, 3.8) is 0 Å². The smallest absolute Gasteiger partial charge is 0.197 e. The SMILES string of the molecule is CC(C)C=Cc1c(O)cc2oc(-c3ccc(O)cc3O)cc(=O)c2c1O. The van der Waals surface area contributed by atoms with E-state index in [0.717, 1.165) is 12.1 Å². The molecule has 0 fully saturated rings. The van der Waals surface area contributed by atoms with E-state index in [1.807, 2.05) is 13.8 Å². The van der Waals surface area contributed by atoms with Crippen molar-refractivity contribution in [3.05, 3.63) is 52.2 Å². The van der Waals surface area contributed by atoms with Gasteiger partial charge in [-0.1, -0.05) is 26.0 Å². The number of hydrogen-bond donors (Lipinski definition) is 4. The van der Waals surface area contributed by atoms with Crippen LogP contribution in [0.2, 0.25) is 0 Å². The van der Waals surface area contributed by atoms with Gasteiger partial charge in [0.05, 0.1) is 11.1 Å².